The predicted molar refractivity (Wildman–Crippen MR) is 99.8 cm³/mol. The first-order valence-corrected chi connectivity index (χ1v) is 8.40. The molecular weight excluding hydrogens is 380 g/mol. The molecule has 0 bridgehead atoms. The Labute approximate surface area is 165 Å². The van der Waals surface area contributed by atoms with Crippen LogP contribution in [0.25, 0.3) is 0 Å². The van der Waals surface area contributed by atoms with Crippen molar-refractivity contribution >= 4 is 23.1 Å². The Kier molecular flexibility index (Phi) is 5.46. The molecule has 0 saturated heterocycles. The molecule has 2 aromatic carbocycles. The monoisotopic (exact) mass is 390 g/mol. The molecule has 0 radical (unpaired) electrons. The Balaban J connectivity index is 2.13. The number of nitrogens with zero attached hydrogens (tertiary/aromatic N) is 3. The molecule has 28 heavy (non-hydrogen) atoms. The number of nitrogens with one attached hydrogen (secondary N) is 1. The fraction of sp³-hybridized carbons (Fsp3) is 0.100. The third kappa shape index (κ3) is 3.73. The summed E-state index contributed by atoms with van der Waals surface area (Å²) in [5, 5.41) is 30.6. The van der Waals surface area contributed by atoms with Gasteiger partial charge in [0, 0.05) is 22.2 Å². The number of halogens is 1. The van der Waals surface area contributed by atoms with Crippen LogP contribution in [0, 0.1) is 34.0 Å². The average Bonchev–Trinajstić information content (AvgIpc) is 2.73. The summed E-state index contributed by atoms with van der Waals surface area (Å²) in [5.74, 6) is 0.412. The minimum Gasteiger partial charge on any atom is -0.486 e. The summed E-state index contributed by atoms with van der Waals surface area (Å²) in [5.41, 5.74) is 0.0971. The number of nitriles is 3. The summed E-state index contributed by atoms with van der Waals surface area (Å²) >= 11 is 5.88. The first-order valence-electron chi connectivity index (χ1n) is 8.03. The number of fused-ring (bicyclic) bond motifs is 1. The lowest BCUT2D eigenvalue weighted by atomic mass is 10.0. The van der Waals surface area contributed by atoms with Gasteiger partial charge in [0.05, 0.1) is 5.69 Å². The Bertz CT molecular complexity index is 1090. The van der Waals surface area contributed by atoms with E-state index < -0.39 is 5.57 Å². The van der Waals surface area contributed by atoms with Crippen LogP contribution < -0.4 is 14.8 Å². The van der Waals surface area contributed by atoms with Gasteiger partial charge in [-0.1, -0.05) is 11.6 Å². The van der Waals surface area contributed by atoms with E-state index in [1.807, 2.05) is 0 Å². The summed E-state index contributed by atoms with van der Waals surface area (Å²) in [7, 11) is 0. The highest BCUT2D eigenvalue weighted by molar-refractivity contribution is 6.30. The van der Waals surface area contributed by atoms with Gasteiger partial charge >= 0.3 is 0 Å². The predicted octanol–water partition coefficient (Wildman–Crippen LogP) is 3.58. The second kappa shape index (κ2) is 8.14. The SMILES string of the molecule is N#CC(C#N)=C(C#N)Nc1cc2c(cc1C(=O)c1ccc(Cl)cc1)OCCO2. The lowest BCUT2D eigenvalue weighted by Crippen LogP contribution is -2.17. The maximum atomic E-state index is 13.0. The number of carbonyl (C=O) groups excluding carboxylic acids is 1. The van der Waals surface area contributed by atoms with Crippen LogP contribution >= 0.6 is 11.6 Å². The molecule has 8 heteroatoms. The van der Waals surface area contributed by atoms with Crippen molar-refractivity contribution in [3.8, 4) is 29.7 Å². The Morgan fingerprint density at radius 2 is 1.57 bits per heavy atom. The van der Waals surface area contributed by atoms with Crippen LogP contribution in [0.3, 0.4) is 0 Å². The van der Waals surface area contributed by atoms with E-state index in [-0.39, 0.29) is 22.7 Å². The molecule has 136 valence electrons. The minimum absolute atomic E-state index is 0.189. The van der Waals surface area contributed by atoms with Crippen molar-refractivity contribution in [3.05, 3.63) is 63.8 Å². The van der Waals surface area contributed by atoms with Crippen molar-refractivity contribution < 1.29 is 14.3 Å². The summed E-state index contributed by atoms with van der Waals surface area (Å²) < 4.78 is 11.1. The molecule has 1 N–H and O–H groups in total. The highest BCUT2D eigenvalue weighted by Crippen LogP contribution is 2.37. The number of hydrogen-bond acceptors (Lipinski definition) is 7. The van der Waals surface area contributed by atoms with Gasteiger partial charge in [-0.3, -0.25) is 4.79 Å². The normalized spacial score (nSPS) is 11.4. The van der Waals surface area contributed by atoms with Crippen LogP contribution in [0.4, 0.5) is 5.69 Å². The van der Waals surface area contributed by atoms with E-state index >= 15 is 0 Å². The van der Waals surface area contributed by atoms with Gasteiger partial charge in [-0.2, -0.15) is 15.8 Å². The molecule has 0 unspecified atom stereocenters. The van der Waals surface area contributed by atoms with Gasteiger partial charge in [-0.15, -0.1) is 0 Å². The van der Waals surface area contributed by atoms with Gasteiger partial charge in [0.25, 0.3) is 0 Å². The van der Waals surface area contributed by atoms with Crippen LogP contribution in [-0.2, 0) is 0 Å². The van der Waals surface area contributed by atoms with E-state index in [2.05, 4.69) is 5.32 Å². The summed E-state index contributed by atoms with van der Waals surface area (Å²) in [6.07, 6.45) is 0. The molecule has 3 rings (SSSR count). The number of ether oxygens (including phenoxy) is 2. The zero-order valence-corrected chi connectivity index (χ0v) is 15.1. The first kappa shape index (κ1) is 18.8. The first-order chi connectivity index (χ1) is 13.6. The number of ketones is 1. The Morgan fingerprint density at radius 3 is 2.14 bits per heavy atom. The molecule has 0 fully saturated rings. The lowest BCUT2D eigenvalue weighted by molar-refractivity contribution is 0.103. The van der Waals surface area contributed by atoms with Crippen LogP contribution in [0.2, 0.25) is 5.02 Å². The van der Waals surface area contributed by atoms with Gasteiger partial charge in [-0.05, 0) is 30.3 Å². The second-order valence-corrected chi connectivity index (χ2v) is 6.02. The van der Waals surface area contributed by atoms with E-state index in [9.17, 15) is 10.1 Å². The second-order valence-electron chi connectivity index (χ2n) is 5.59. The van der Waals surface area contributed by atoms with E-state index in [4.69, 9.17) is 31.6 Å². The average molecular weight is 391 g/mol. The van der Waals surface area contributed by atoms with Crippen molar-refractivity contribution in [1.82, 2.24) is 0 Å². The maximum Gasteiger partial charge on any atom is 0.195 e. The van der Waals surface area contributed by atoms with E-state index in [0.29, 0.717) is 35.3 Å². The molecule has 0 atom stereocenters. The molecule has 0 amide bonds. The van der Waals surface area contributed by atoms with Crippen molar-refractivity contribution in [3.63, 3.8) is 0 Å². The van der Waals surface area contributed by atoms with Crippen molar-refractivity contribution in [2.75, 3.05) is 18.5 Å². The van der Waals surface area contributed by atoms with Gasteiger partial charge in [-0.25, -0.2) is 0 Å². The number of carbonyl (C=O) groups is 1. The molecular formula is C20H11ClN4O3. The highest BCUT2D eigenvalue weighted by Gasteiger charge is 2.22. The summed E-state index contributed by atoms with van der Waals surface area (Å²) in [6.45, 7) is 0.671. The van der Waals surface area contributed by atoms with E-state index in [1.54, 1.807) is 42.5 Å². The number of hydrogen-bond donors (Lipinski definition) is 1. The zero-order chi connectivity index (χ0) is 20.1. The van der Waals surface area contributed by atoms with Crippen LogP contribution in [0.1, 0.15) is 15.9 Å². The van der Waals surface area contributed by atoms with Gasteiger partial charge in [0.1, 0.15) is 37.1 Å². The third-order valence-corrected chi connectivity index (χ3v) is 4.13. The molecule has 0 aliphatic carbocycles. The Morgan fingerprint density at radius 1 is 0.964 bits per heavy atom. The van der Waals surface area contributed by atoms with Crippen LogP contribution in [-0.4, -0.2) is 19.0 Å². The Hall–Kier alpha value is -3.99. The zero-order valence-electron chi connectivity index (χ0n) is 14.3. The smallest absolute Gasteiger partial charge is 0.195 e. The van der Waals surface area contributed by atoms with Crippen molar-refractivity contribution in [2.45, 2.75) is 0 Å². The number of allylic oxidation sites excluding steroid dienone is 2. The highest BCUT2D eigenvalue weighted by atomic mass is 35.5. The number of anilines is 1. The lowest BCUT2D eigenvalue weighted by Gasteiger charge is -2.21. The molecule has 2 aromatic rings. The fourth-order valence-electron chi connectivity index (χ4n) is 2.55. The molecule has 0 spiro atoms. The molecule has 0 aromatic heterocycles. The largest absolute Gasteiger partial charge is 0.486 e. The van der Waals surface area contributed by atoms with Crippen molar-refractivity contribution in [1.29, 1.82) is 15.8 Å². The molecule has 1 aliphatic rings. The maximum absolute atomic E-state index is 13.0. The molecule has 7 nitrogen and oxygen atoms in total. The quantitative estimate of drug-likeness (QED) is 0.625. The van der Waals surface area contributed by atoms with Gasteiger partial charge in [0.2, 0.25) is 0 Å². The number of benzene rings is 2. The van der Waals surface area contributed by atoms with Crippen LogP contribution in [0.15, 0.2) is 47.7 Å². The van der Waals surface area contributed by atoms with Gasteiger partial charge < -0.3 is 14.8 Å². The molecule has 1 aliphatic heterocycles. The minimum atomic E-state index is -0.401. The standard InChI is InChI=1S/C20H11ClN4O3/c21-14-3-1-12(2-4-14)20(26)15-7-18-19(28-6-5-27-18)8-16(15)25-17(11-24)13(9-22)10-23/h1-4,7-8,25H,5-6H2. The summed E-state index contributed by atoms with van der Waals surface area (Å²) in [6, 6.07) is 14.4. The third-order valence-electron chi connectivity index (χ3n) is 3.88. The van der Waals surface area contributed by atoms with Crippen LogP contribution in [0.5, 0.6) is 11.5 Å². The van der Waals surface area contributed by atoms with Crippen molar-refractivity contribution in [2.24, 2.45) is 0 Å². The summed E-state index contributed by atoms with van der Waals surface area (Å²) in [4.78, 5) is 13.0. The topological polar surface area (TPSA) is 119 Å². The number of rotatable bonds is 4. The fourth-order valence-corrected chi connectivity index (χ4v) is 2.68. The molecule has 1 heterocycles. The van der Waals surface area contributed by atoms with E-state index in [1.165, 1.54) is 12.1 Å². The van der Waals surface area contributed by atoms with E-state index in [0.717, 1.165) is 0 Å². The molecule has 0 saturated carbocycles. The van der Waals surface area contributed by atoms with Gasteiger partial charge in [0.15, 0.2) is 22.9 Å².